The Morgan fingerprint density at radius 2 is 1.56 bits per heavy atom. The topological polar surface area (TPSA) is 168 Å². The van der Waals surface area contributed by atoms with E-state index in [1.54, 1.807) is 26.8 Å². The molecule has 0 radical (unpaired) electrons. The SMILES string of the molecule is CC(C)C1(C(=O)O)C(C)NC(N)C(C(=O)O)(C2CCCNC2C(c2ccccc2)c2ccccc2)C1c1cccc([N+](=O)[O-])c1. The molecule has 7 unspecified atom stereocenters. The van der Waals surface area contributed by atoms with E-state index in [0.29, 0.717) is 19.4 Å². The highest BCUT2D eigenvalue weighted by molar-refractivity contribution is 5.85. The van der Waals surface area contributed by atoms with Gasteiger partial charge in [0.15, 0.2) is 0 Å². The van der Waals surface area contributed by atoms with Crippen molar-refractivity contribution in [2.24, 2.45) is 28.4 Å². The maximum atomic E-state index is 14.2. The van der Waals surface area contributed by atoms with Gasteiger partial charge in [0.05, 0.1) is 16.5 Å². The van der Waals surface area contributed by atoms with Crippen molar-refractivity contribution in [3.05, 3.63) is 112 Å². The second-order valence-electron chi connectivity index (χ2n) is 12.8. The predicted molar refractivity (Wildman–Crippen MR) is 171 cm³/mol. The molecule has 238 valence electrons. The van der Waals surface area contributed by atoms with Gasteiger partial charge < -0.3 is 21.3 Å². The molecule has 10 nitrogen and oxygen atoms in total. The molecule has 2 saturated heterocycles. The van der Waals surface area contributed by atoms with Gasteiger partial charge in [-0.15, -0.1) is 0 Å². The van der Waals surface area contributed by atoms with Gasteiger partial charge in [-0.05, 0) is 54.8 Å². The first kappa shape index (κ1) is 32.3. The highest BCUT2D eigenvalue weighted by Gasteiger charge is 2.71. The summed E-state index contributed by atoms with van der Waals surface area (Å²) in [6, 6.07) is 24.3. The molecular weight excluding hydrogens is 572 g/mol. The zero-order valence-electron chi connectivity index (χ0n) is 25.8. The number of carboxylic acid groups (broad SMARTS) is 2. The van der Waals surface area contributed by atoms with Crippen molar-refractivity contribution in [2.75, 3.05) is 6.54 Å². The predicted octanol–water partition coefficient (Wildman–Crippen LogP) is 4.95. The summed E-state index contributed by atoms with van der Waals surface area (Å²) in [6.07, 6.45) is -0.0542. The van der Waals surface area contributed by atoms with Crippen molar-refractivity contribution >= 4 is 17.6 Å². The van der Waals surface area contributed by atoms with Crippen LogP contribution in [0.1, 0.15) is 62.1 Å². The largest absolute Gasteiger partial charge is 0.481 e. The molecular formula is C35H42N4O6. The number of benzene rings is 3. The van der Waals surface area contributed by atoms with Crippen LogP contribution in [0.5, 0.6) is 0 Å². The average Bonchev–Trinajstić information content (AvgIpc) is 3.02. The Bertz CT molecular complexity index is 1500. The van der Waals surface area contributed by atoms with Crippen LogP contribution in [-0.4, -0.2) is 51.9 Å². The lowest BCUT2D eigenvalue weighted by atomic mass is 9.44. The third kappa shape index (κ3) is 5.20. The van der Waals surface area contributed by atoms with E-state index in [9.17, 15) is 29.9 Å². The van der Waals surface area contributed by atoms with E-state index in [-0.39, 0.29) is 17.2 Å². The molecule has 0 amide bonds. The number of piperidine rings is 2. The molecule has 0 saturated carbocycles. The highest BCUT2D eigenvalue weighted by Crippen LogP contribution is 2.63. The van der Waals surface area contributed by atoms with Crippen LogP contribution in [0.2, 0.25) is 0 Å². The molecule has 0 bridgehead atoms. The van der Waals surface area contributed by atoms with E-state index in [4.69, 9.17) is 5.73 Å². The number of nitro groups is 1. The number of hydrogen-bond donors (Lipinski definition) is 5. The molecule has 5 rings (SSSR count). The molecule has 0 aromatic heterocycles. The fourth-order valence-electron chi connectivity index (χ4n) is 8.71. The van der Waals surface area contributed by atoms with Gasteiger partial charge >= 0.3 is 11.9 Å². The Morgan fingerprint density at radius 3 is 2.07 bits per heavy atom. The molecule has 45 heavy (non-hydrogen) atoms. The summed E-state index contributed by atoms with van der Waals surface area (Å²) in [4.78, 5) is 39.3. The van der Waals surface area contributed by atoms with Crippen LogP contribution in [0.15, 0.2) is 84.9 Å². The van der Waals surface area contributed by atoms with Crippen LogP contribution in [0, 0.1) is 32.8 Å². The molecule has 2 heterocycles. The molecule has 2 fully saturated rings. The summed E-state index contributed by atoms with van der Waals surface area (Å²) in [7, 11) is 0. The number of nitrogens with one attached hydrogen (secondary N) is 2. The second kappa shape index (κ2) is 12.7. The van der Waals surface area contributed by atoms with Gasteiger partial charge in [-0.25, -0.2) is 0 Å². The molecule has 6 N–H and O–H groups in total. The van der Waals surface area contributed by atoms with Crippen molar-refractivity contribution in [1.82, 2.24) is 10.6 Å². The van der Waals surface area contributed by atoms with Crippen LogP contribution in [0.3, 0.4) is 0 Å². The number of aliphatic carboxylic acids is 2. The van der Waals surface area contributed by atoms with E-state index >= 15 is 0 Å². The van der Waals surface area contributed by atoms with E-state index in [1.807, 2.05) is 60.7 Å². The van der Waals surface area contributed by atoms with Gasteiger partial charge in [-0.2, -0.15) is 0 Å². The third-order valence-corrected chi connectivity index (χ3v) is 10.5. The zero-order valence-corrected chi connectivity index (χ0v) is 25.8. The molecule has 10 heteroatoms. The maximum absolute atomic E-state index is 14.2. The lowest BCUT2D eigenvalue weighted by molar-refractivity contribution is -0.385. The lowest BCUT2D eigenvalue weighted by Gasteiger charge is -2.62. The van der Waals surface area contributed by atoms with Crippen LogP contribution < -0.4 is 16.4 Å². The van der Waals surface area contributed by atoms with Crippen molar-refractivity contribution in [1.29, 1.82) is 0 Å². The summed E-state index contributed by atoms with van der Waals surface area (Å²) < 4.78 is 0. The molecule has 2 aliphatic rings. The minimum absolute atomic E-state index is 0.237. The molecule has 0 aliphatic carbocycles. The Hall–Kier alpha value is -4.12. The van der Waals surface area contributed by atoms with Crippen LogP contribution >= 0.6 is 0 Å². The van der Waals surface area contributed by atoms with Crippen molar-refractivity contribution in [2.45, 2.75) is 63.7 Å². The summed E-state index contributed by atoms with van der Waals surface area (Å²) in [5, 5.41) is 41.6. The Kier molecular flexibility index (Phi) is 9.11. The zero-order chi connectivity index (χ0) is 32.5. The van der Waals surface area contributed by atoms with Crippen LogP contribution in [0.4, 0.5) is 5.69 Å². The quantitative estimate of drug-likeness (QED) is 0.165. The molecule has 7 atom stereocenters. The minimum atomic E-state index is -1.88. The van der Waals surface area contributed by atoms with Crippen LogP contribution in [-0.2, 0) is 9.59 Å². The van der Waals surface area contributed by atoms with Gasteiger partial charge in [-0.3, -0.25) is 25.0 Å². The smallest absolute Gasteiger partial charge is 0.313 e. The summed E-state index contributed by atoms with van der Waals surface area (Å²) in [5.41, 5.74) is 5.43. The van der Waals surface area contributed by atoms with Crippen molar-refractivity contribution < 1.29 is 24.7 Å². The van der Waals surface area contributed by atoms with Gasteiger partial charge in [0.1, 0.15) is 5.41 Å². The van der Waals surface area contributed by atoms with Crippen LogP contribution in [0.25, 0.3) is 0 Å². The number of nitrogens with two attached hydrogens (primary N) is 1. The number of nitro benzene ring substituents is 1. The second-order valence-corrected chi connectivity index (χ2v) is 12.8. The molecule has 3 aromatic carbocycles. The summed E-state index contributed by atoms with van der Waals surface area (Å²) >= 11 is 0. The van der Waals surface area contributed by atoms with Crippen molar-refractivity contribution in [3.8, 4) is 0 Å². The Labute approximate surface area is 263 Å². The van der Waals surface area contributed by atoms with Gasteiger partial charge in [0, 0.05) is 36.1 Å². The highest BCUT2D eigenvalue weighted by atomic mass is 16.6. The van der Waals surface area contributed by atoms with Gasteiger partial charge in [0.2, 0.25) is 0 Å². The van der Waals surface area contributed by atoms with E-state index in [1.165, 1.54) is 18.2 Å². The molecule has 0 spiro atoms. The first-order valence-electron chi connectivity index (χ1n) is 15.5. The maximum Gasteiger partial charge on any atom is 0.313 e. The van der Waals surface area contributed by atoms with E-state index in [0.717, 1.165) is 11.1 Å². The number of rotatable bonds is 9. The van der Waals surface area contributed by atoms with Crippen molar-refractivity contribution in [3.63, 3.8) is 0 Å². The minimum Gasteiger partial charge on any atom is -0.481 e. The van der Waals surface area contributed by atoms with Gasteiger partial charge in [-0.1, -0.05) is 86.6 Å². The van der Waals surface area contributed by atoms with E-state index < -0.39 is 63.7 Å². The monoisotopic (exact) mass is 614 g/mol. The normalized spacial score (nSPS) is 30.2. The summed E-state index contributed by atoms with van der Waals surface area (Å²) in [6.45, 7) is 5.90. The number of carboxylic acids is 2. The number of carbonyl (C=O) groups is 2. The number of non-ortho nitro benzene ring substituents is 1. The van der Waals surface area contributed by atoms with E-state index in [2.05, 4.69) is 10.6 Å². The lowest BCUT2D eigenvalue weighted by Crippen LogP contribution is -2.77. The fourth-order valence-corrected chi connectivity index (χ4v) is 8.71. The first-order chi connectivity index (χ1) is 21.5. The molecule has 2 aliphatic heterocycles. The first-order valence-corrected chi connectivity index (χ1v) is 15.5. The Morgan fingerprint density at radius 1 is 0.956 bits per heavy atom. The fraction of sp³-hybridized carbons (Fsp3) is 0.429. The van der Waals surface area contributed by atoms with Gasteiger partial charge in [0.25, 0.3) is 5.69 Å². The third-order valence-electron chi connectivity index (χ3n) is 10.5. The number of nitrogens with zero attached hydrogens (tertiary/aromatic N) is 1. The Balaban J connectivity index is 1.85. The average molecular weight is 615 g/mol. The number of hydrogen-bond acceptors (Lipinski definition) is 7. The molecule has 3 aromatic rings. The standard InChI is InChI=1S/C35H42N4O6/c1-21(2)34(32(40)41)22(3)38-31(36)35(33(42)43,30(34)25-16-10-17-26(20-25)39(44)45)27-18-11-19-37-29(27)28(23-12-6-4-7-13-23)24-14-8-5-9-15-24/h4-10,12-17,20-22,27-31,37-38H,11,18-19,36H2,1-3H3,(H,40,41)(H,42,43). The summed E-state index contributed by atoms with van der Waals surface area (Å²) in [5.74, 6) is -5.14.